The van der Waals surface area contributed by atoms with Gasteiger partial charge in [-0.05, 0) is 13.3 Å². The Morgan fingerprint density at radius 1 is 1.57 bits per heavy atom. The fourth-order valence-electron chi connectivity index (χ4n) is 2.54. The van der Waals surface area contributed by atoms with Gasteiger partial charge in [-0.25, -0.2) is 4.98 Å². The Hall–Kier alpha value is -0.980. The van der Waals surface area contributed by atoms with Gasteiger partial charge in [0.05, 0.1) is 18.8 Å². The van der Waals surface area contributed by atoms with Crippen molar-refractivity contribution < 1.29 is 9.90 Å². The predicted molar refractivity (Wildman–Crippen MR) is 84.8 cm³/mol. The molecule has 1 atom stereocenters. The summed E-state index contributed by atoms with van der Waals surface area (Å²) in [5.41, 5.74) is 1.13. The monoisotopic (exact) mass is 311 g/mol. The van der Waals surface area contributed by atoms with Crippen LogP contribution in [-0.4, -0.2) is 46.1 Å². The lowest BCUT2D eigenvalue weighted by Crippen LogP contribution is -2.46. The molecule has 0 radical (unpaired) electrons. The Morgan fingerprint density at radius 2 is 2.29 bits per heavy atom. The van der Waals surface area contributed by atoms with Crippen molar-refractivity contribution >= 4 is 17.3 Å². The number of nitrogens with zero attached hydrogens (tertiary/aromatic N) is 2. The van der Waals surface area contributed by atoms with E-state index in [2.05, 4.69) is 43.3 Å². The molecule has 118 valence electrons. The molecular formula is C15H25N3O2S. The van der Waals surface area contributed by atoms with Gasteiger partial charge in [0.2, 0.25) is 0 Å². The third-order valence-corrected chi connectivity index (χ3v) is 4.73. The van der Waals surface area contributed by atoms with Crippen molar-refractivity contribution in [2.24, 2.45) is 0 Å². The van der Waals surface area contributed by atoms with Crippen LogP contribution in [0.5, 0.6) is 0 Å². The van der Waals surface area contributed by atoms with Crippen molar-refractivity contribution in [2.75, 3.05) is 19.6 Å². The maximum atomic E-state index is 10.7. The summed E-state index contributed by atoms with van der Waals surface area (Å²) in [6.07, 6.45) is 0.970. The van der Waals surface area contributed by atoms with Crippen LogP contribution in [0.3, 0.4) is 0 Å². The van der Waals surface area contributed by atoms with Crippen LogP contribution in [0.4, 0.5) is 0 Å². The molecule has 0 spiro atoms. The molecule has 2 rings (SSSR count). The van der Waals surface area contributed by atoms with E-state index in [1.807, 2.05) is 0 Å². The van der Waals surface area contributed by atoms with E-state index in [0.717, 1.165) is 36.8 Å². The van der Waals surface area contributed by atoms with Crippen molar-refractivity contribution in [1.29, 1.82) is 0 Å². The molecular weight excluding hydrogens is 286 g/mol. The summed E-state index contributed by atoms with van der Waals surface area (Å²) < 4.78 is 0. The van der Waals surface area contributed by atoms with E-state index in [0.29, 0.717) is 0 Å². The summed E-state index contributed by atoms with van der Waals surface area (Å²) in [6, 6.07) is 0. The average Bonchev–Trinajstić information content (AvgIpc) is 2.95. The predicted octanol–water partition coefficient (Wildman–Crippen LogP) is 2.08. The Kier molecular flexibility index (Phi) is 4.70. The van der Waals surface area contributed by atoms with Crippen LogP contribution in [0.15, 0.2) is 5.38 Å². The van der Waals surface area contributed by atoms with Crippen molar-refractivity contribution in [3.05, 3.63) is 16.1 Å². The zero-order chi connectivity index (χ0) is 15.7. The van der Waals surface area contributed by atoms with Gasteiger partial charge < -0.3 is 10.4 Å². The summed E-state index contributed by atoms with van der Waals surface area (Å²) in [4.78, 5) is 17.8. The van der Waals surface area contributed by atoms with E-state index < -0.39 is 5.97 Å². The van der Waals surface area contributed by atoms with Gasteiger partial charge in [-0.3, -0.25) is 9.69 Å². The number of aliphatic carboxylic acids is 1. The first kappa shape index (κ1) is 16.4. The number of hydrogen-bond acceptors (Lipinski definition) is 5. The second-order valence-corrected chi connectivity index (χ2v) is 8.09. The molecule has 1 aromatic rings. The van der Waals surface area contributed by atoms with Gasteiger partial charge in [0.25, 0.3) is 0 Å². The summed E-state index contributed by atoms with van der Waals surface area (Å²) >= 11 is 1.71. The van der Waals surface area contributed by atoms with Gasteiger partial charge in [0.1, 0.15) is 5.01 Å². The maximum Gasteiger partial charge on any atom is 0.317 e. The van der Waals surface area contributed by atoms with Crippen molar-refractivity contribution in [2.45, 2.75) is 51.6 Å². The molecule has 0 bridgehead atoms. The van der Waals surface area contributed by atoms with Crippen LogP contribution >= 0.6 is 11.3 Å². The molecule has 0 aliphatic carbocycles. The molecule has 2 heterocycles. The molecule has 5 nitrogen and oxygen atoms in total. The first-order valence-electron chi connectivity index (χ1n) is 7.32. The van der Waals surface area contributed by atoms with Crippen molar-refractivity contribution in [3.8, 4) is 0 Å². The number of rotatable bonds is 5. The second-order valence-electron chi connectivity index (χ2n) is 7.15. The van der Waals surface area contributed by atoms with Gasteiger partial charge in [-0.2, -0.15) is 0 Å². The highest BCUT2D eigenvalue weighted by Gasteiger charge is 2.34. The number of carboxylic acids is 1. The highest BCUT2D eigenvalue weighted by atomic mass is 32.1. The summed E-state index contributed by atoms with van der Waals surface area (Å²) in [7, 11) is 0. The van der Waals surface area contributed by atoms with Crippen LogP contribution in [0, 0.1) is 0 Å². The Morgan fingerprint density at radius 3 is 2.86 bits per heavy atom. The van der Waals surface area contributed by atoms with Crippen LogP contribution < -0.4 is 5.32 Å². The number of carboxylic acid groups (broad SMARTS) is 1. The third-order valence-electron chi connectivity index (χ3n) is 3.90. The SMILES string of the molecule is CC(C)(C)c1csc(CN2CC[C@](C)(NCC(=O)O)C2)n1. The van der Waals surface area contributed by atoms with Gasteiger partial charge in [0.15, 0.2) is 0 Å². The molecule has 0 aromatic carbocycles. The van der Waals surface area contributed by atoms with Gasteiger partial charge in [-0.1, -0.05) is 20.8 Å². The highest BCUT2D eigenvalue weighted by molar-refractivity contribution is 7.09. The van der Waals surface area contributed by atoms with E-state index in [9.17, 15) is 4.79 Å². The number of aromatic nitrogens is 1. The largest absolute Gasteiger partial charge is 0.480 e. The molecule has 21 heavy (non-hydrogen) atoms. The molecule has 0 unspecified atom stereocenters. The zero-order valence-electron chi connectivity index (χ0n) is 13.3. The lowest BCUT2D eigenvalue weighted by molar-refractivity contribution is -0.136. The first-order chi connectivity index (χ1) is 9.68. The molecule has 0 amide bonds. The zero-order valence-corrected chi connectivity index (χ0v) is 14.1. The molecule has 1 aliphatic rings. The Balaban J connectivity index is 1.90. The van der Waals surface area contributed by atoms with E-state index in [-0.39, 0.29) is 17.5 Å². The van der Waals surface area contributed by atoms with Crippen LogP contribution in [0.1, 0.15) is 44.8 Å². The molecule has 1 aliphatic heterocycles. The van der Waals surface area contributed by atoms with Gasteiger partial charge >= 0.3 is 5.97 Å². The maximum absolute atomic E-state index is 10.7. The van der Waals surface area contributed by atoms with E-state index >= 15 is 0 Å². The highest BCUT2D eigenvalue weighted by Crippen LogP contribution is 2.27. The van der Waals surface area contributed by atoms with E-state index in [1.165, 1.54) is 0 Å². The Bertz CT molecular complexity index is 509. The molecule has 1 saturated heterocycles. The summed E-state index contributed by atoms with van der Waals surface area (Å²) in [5.74, 6) is -0.801. The fraction of sp³-hybridized carbons (Fsp3) is 0.733. The van der Waals surface area contributed by atoms with Crippen molar-refractivity contribution in [3.63, 3.8) is 0 Å². The van der Waals surface area contributed by atoms with Crippen LogP contribution in [-0.2, 0) is 16.8 Å². The smallest absolute Gasteiger partial charge is 0.317 e. The average molecular weight is 311 g/mol. The quantitative estimate of drug-likeness (QED) is 0.871. The number of carbonyl (C=O) groups is 1. The minimum Gasteiger partial charge on any atom is -0.480 e. The molecule has 6 heteroatoms. The van der Waals surface area contributed by atoms with Crippen molar-refractivity contribution in [1.82, 2.24) is 15.2 Å². The molecule has 1 aromatic heterocycles. The van der Waals surface area contributed by atoms with E-state index in [1.54, 1.807) is 11.3 Å². The normalized spacial score (nSPS) is 23.6. The second kappa shape index (κ2) is 6.02. The number of likely N-dealkylation sites (tertiary alicyclic amines) is 1. The van der Waals surface area contributed by atoms with Crippen LogP contribution in [0.2, 0.25) is 0 Å². The summed E-state index contributed by atoms with van der Waals surface area (Å²) in [5, 5.41) is 15.2. The topological polar surface area (TPSA) is 65.5 Å². The number of hydrogen-bond donors (Lipinski definition) is 2. The lowest BCUT2D eigenvalue weighted by Gasteiger charge is -2.25. The third kappa shape index (κ3) is 4.49. The molecule has 1 fully saturated rings. The van der Waals surface area contributed by atoms with E-state index in [4.69, 9.17) is 10.1 Å². The minimum atomic E-state index is -0.801. The first-order valence-corrected chi connectivity index (χ1v) is 8.20. The standard InChI is InChI=1S/C15H25N3O2S/c1-14(2,3)11-9-21-12(17-11)8-18-6-5-15(4,10-18)16-7-13(19)20/h9,16H,5-8,10H2,1-4H3,(H,19,20)/t15-/m0/s1. The van der Waals surface area contributed by atoms with Gasteiger partial charge in [-0.15, -0.1) is 11.3 Å². The molecule has 2 N–H and O–H groups in total. The fourth-order valence-corrected chi connectivity index (χ4v) is 3.61. The number of thiazole rings is 1. The lowest BCUT2D eigenvalue weighted by atomic mass is 9.93. The van der Waals surface area contributed by atoms with Crippen LogP contribution in [0.25, 0.3) is 0 Å². The Labute approximate surface area is 130 Å². The summed E-state index contributed by atoms with van der Waals surface area (Å²) in [6.45, 7) is 11.3. The van der Waals surface area contributed by atoms with Gasteiger partial charge in [0, 0.05) is 29.4 Å². The minimum absolute atomic E-state index is 0.0236. The molecule has 0 saturated carbocycles. The number of nitrogens with one attached hydrogen (secondary N) is 1.